The molecule has 154 valence electrons. The predicted octanol–water partition coefficient (Wildman–Crippen LogP) is 6.33. The Morgan fingerprint density at radius 2 is 1.66 bits per heavy atom. The average Bonchev–Trinajstić information content (AvgIpc) is 2.72. The number of hydrogen-bond donors (Lipinski definition) is 1. The van der Waals surface area contributed by atoms with Gasteiger partial charge in [-0.1, -0.05) is 54.8 Å². The van der Waals surface area contributed by atoms with Crippen LogP contribution in [0, 0.1) is 0 Å². The Balaban J connectivity index is 2.01. The summed E-state index contributed by atoms with van der Waals surface area (Å²) in [4.78, 5) is 15.5. The van der Waals surface area contributed by atoms with Crippen LogP contribution in [0.3, 0.4) is 0 Å². The number of phenols is 1. The molecule has 2 aromatic carbocycles. The predicted molar refractivity (Wildman–Crippen MR) is 122 cm³/mol. The van der Waals surface area contributed by atoms with Gasteiger partial charge in [0.2, 0.25) is 5.43 Å². The monoisotopic (exact) mass is 457 g/mol. The fourth-order valence-electron chi connectivity index (χ4n) is 3.49. The van der Waals surface area contributed by atoms with E-state index in [2.05, 4.69) is 34.7 Å². The van der Waals surface area contributed by atoms with Gasteiger partial charge in [-0.05, 0) is 55.8 Å². The zero-order valence-corrected chi connectivity index (χ0v) is 18.7. The molecule has 0 saturated carbocycles. The summed E-state index contributed by atoms with van der Waals surface area (Å²) in [5, 5.41) is 11.0. The van der Waals surface area contributed by atoms with Crippen LogP contribution in [0.4, 0.5) is 0 Å². The highest BCUT2D eigenvalue weighted by atomic mass is 79.9. The van der Waals surface area contributed by atoms with Crippen molar-refractivity contribution in [2.24, 2.45) is 0 Å². The van der Waals surface area contributed by atoms with Crippen LogP contribution in [0.25, 0.3) is 22.1 Å². The summed E-state index contributed by atoms with van der Waals surface area (Å²) in [7, 11) is 0. The smallest absolute Gasteiger partial charge is 0.200 e. The number of aromatic hydroxyl groups is 1. The summed E-state index contributed by atoms with van der Waals surface area (Å²) >= 11 is 3.42. The van der Waals surface area contributed by atoms with Crippen molar-refractivity contribution in [2.45, 2.75) is 46.1 Å². The van der Waals surface area contributed by atoms with Gasteiger partial charge in [0.15, 0.2) is 0 Å². The van der Waals surface area contributed by atoms with E-state index in [9.17, 15) is 9.90 Å². The minimum absolute atomic E-state index is 0.0801. The van der Waals surface area contributed by atoms with Gasteiger partial charge in [-0.2, -0.15) is 0 Å². The second kappa shape index (κ2) is 10.1. The summed E-state index contributed by atoms with van der Waals surface area (Å²) in [6, 6.07) is 10.9. The summed E-state index contributed by atoms with van der Waals surface area (Å²) in [5.74, 6) is 0.176. The maximum absolute atomic E-state index is 13.1. The van der Waals surface area contributed by atoms with E-state index in [1.807, 2.05) is 24.3 Å². The van der Waals surface area contributed by atoms with Crippen molar-refractivity contribution >= 4 is 26.9 Å². The summed E-state index contributed by atoms with van der Waals surface area (Å²) < 4.78 is 6.89. The third kappa shape index (κ3) is 5.09. The lowest BCUT2D eigenvalue weighted by Gasteiger charge is -2.23. The van der Waals surface area contributed by atoms with E-state index in [0.29, 0.717) is 28.6 Å². The van der Waals surface area contributed by atoms with Crippen molar-refractivity contribution in [3.05, 3.63) is 62.9 Å². The molecule has 0 spiro atoms. The van der Waals surface area contributed by atoms with Crippen LogP contribution in [0.1, 0.15) is 45.1 Å². The fraction of sp³-hybridized carbons (Fsp3) is 0.375. The van der Waals surface area contributed by atoms with Crippen LogP contribution in [-0.2, 0) is 6.54 Å². The van der Waals surface area contributed by atoms with Gasteiger partial charge in [0.05, 0.1) is 16.5 Å². The lowest BCUT2D eigenvalue weighted by Crippen LogP contribution is -2.26. The molecule has 0 saturated heterocycles. The van der Waals surface area contributed by atoms with Gasteiger partial charge < -0.3 is 9.52 Å². The van der Waals surface area contributed by atoms with Crippen LogP contribution < -0.4 is 5.43 Å². The molecule has 0 aliphatic rings. The molecule has 1 heterocycles. The van der Waals surface area contributed by atoms with Gasteiger partial charge in [-0.15, -0.1) is 0 Å². The topological polar surface area (TPSA) is 53.7 Å². The minimum Gasteiger partial charge on any atom is -0.507 e. The molecular formula is C24H28BrNO3. The zero-order chi connectivity index (χ0) is 20.8. The normalized spacial score (nSPS) is 11.4. The molecule has 3 rings (SSSR count). The van der Waals surface area contributed by atoms with Crippen molar-refractivity contribution in [3.63, 3.8) is 0 Å². The highest BCUT2D eigenvalue weighted by Crippen LogP contribution is 2.29. The van der Waals surface area contributed by atoms with Crippen molar-refractivity contribution < 1.29 is 9.52 Å². The Morgan fingerprint density at radius 3 is 2.28 bits per heavy atom. The molecule has 0 aliphatic heterocycles. The molecule has 1 N–H and O–H groups in total. The molecule has 1 aromatic heterocycles. The third-order valence-electron chi connectivity index (χ3n) is 5.21. The van der Waals surface area contributed by atoms with Gasteiger partial charge in [-0.3, -0.25) is 9.69 Å². The number of benzene rings is 2. The first-order chi connectivity index (χ1) is 14.0. The van der Waals surface area contributed by atoms with E-state index in [0.717, 1.165) is 48.8 Å². The second-order valence-corrected chi connectivity index (χ2v) is 8.32. The van der Waals surface area contributed by atoms with Gasteiger partial charge in [0.25, 0.3) is 0 Å². The first-order valence-corrected chi connectivity index (χ1v) is 11.1. The van der Waals surface area contributed by atoms with Gasteiger partial charge >= 0.3 is 0 Å². The van der Waals surface area contributed by atoms with E-state index in [-0.39, 0.29) is 11.2 Å². The SMILES string of the molecule is CCCCN(CCCC)Cc1c(O)ccc2c(=O)c(-c3ccc(Br)cc3)coc12. The highest BCUT2D eigenvalue weighted by Gasteiger charge is 2.17. The molecule has 29 heavy (non-hydrogen) atoms. The molecule has 4 nitrogen and oxygen atoms in total. The number of halogens is 1. The largest absolute Gasteiger partial charge is 0.507 e. The van der Waals surface area contributed by atoms with E-state index < -0.39 is 0 Å². The maximum atomic E-state index is 13.1. The first kappa shape index (κ1) is 21.6. The number of nitrogens with zero attached hydrogens (tertiary/aromatic N) is 1. The van der Waals surface area contributed by atoms with Crippen LogP contribution >= 0.6 is 15.9 Å². The molecule has 0 fully saturated rings. The van der Waals surface area contributed by atoms with Crippen LogP contribution in [-0.4, -0.2) is 23.1 Å². The second-order valence-electron chi connectivity index (χ2n) is 7.41. The molecule has 0 unspecified atom stereocenters. The van der Waals surface area contributed by atoms with Gasteiger partial charge in [-0.25, -0.2) is 0 Å². The number of unbranched alkanes of at least 4 members (excludes halogenated alkanes) is 2. The summed E-state index contributed by atoms with van der Waals surface area (Å²) in [6.45, 7) is 6.86. The molecule has 0 radical (unpaired) electrons. The van der Waals surface area contributed by atoms with Crippen molar-refractivity contribution in [3.8, 4) is 16.9 Å². The average molecular weight is 458 g/mol. The number of phenolic OH excluding ortho intramolecular Hbond substituents is 1. The number of rotatable bonds is 9. The Hall–Kier alpha value is -2.11. The van der Waals surface area contributed by atoms with E-state index >= 15 is 0 Å². The van der Waals surface area contributed by atoms with Gasteiger partial charge in [0.1, 0.15) is 17.6 Å². The zero-order valence-electron chi connectivity index (χ0n) is 17.1. The quantitative estimate of drug-likeness (QED) is 0.407. The standard InChI is InChI=1S/C24H28BrNO3/c1-3-5-13-26(14-6-4-2)15-20-22(27)12-11-19-23(28)21(16-29-24(19)20)17-7-9-18(25)10-8-17/h7-12,16,27H,3-6,13-15H2,1-2H3. The highest BCUT2D eigenvalue weighted by molar-refractivity contribution is 9.10. The summed E-state index contributed by atoms with van der Waals surface area (Å²) in [5.41, 5.74) is 2.42. The Labute approximate surface area is 180 Å². The van der Waals surface area contributed by atoms with Crippen molar-refractivity contribution in [2.75, 3.05) is 13.1 Å². The molecule has 0 amide bonds. The lowest BCUT2D eigenvalue weighted by atomic mass is 10.0. The fourth-order valence-corrected chi connectivity index (χ4v) is 3.75. The van der Waals surface area contributed by atoms with Crippen LogP contribution in [0.2, 0.25) is 0 Å². The molecule has 0 aliphatic carbocycles. The van der Waals surface area contributed by atoms with Gasteiger partial charge in [0, 0.05) is 11.0 Å². The Kier molecular flexibility index (Phi) is 7.51. The third-order valence-corrected chi connectivity index (χ3v) is 5.74. The van der Waals surface area contributed by atoms with E-state index in [4.69, 9.17) is 4.42 Å². The molecule has 0 bridgehead atoms. The van der Waals surface area contributed by atoms with E-state index in [1.165, 1.54) is 6.26 Å². The Bertz CT molecular complexity index is 1000. The first-order valence-electron chi connectivity index (χ1n) is 10.3. The minimum atomic E-state index is -0.0801. The lowest BCUT2D eigenvalue weighted by molar-refractivity contribution is 0.253. The van der Waals surface area contributed by atoms with Crippen molar-refractivity contribution in [1.29, 1.82) is 0 Å². The maximum Gasteiger partial charge on any atom is 0.200 e. The van der Waals surface area contributed by atoms with E-state index in [1.54, 1.807) is 12.1 Å². The Morgan fingerprint density at radius 1 is 1.00 bits per heavy atom. The van der Waals surface area contributed by atoms with Crippen LogP contribution in [0.15, 0.2) is 56.3 Å². The summed E-state index contributed by atoms with van der Waals surface area (Å²) in [6.07, 6.45) is 5.96. The molecule has 0 atom stereocenters. The molecule has 3 aromatic rings. The molecule has 5 heteroatoms. The molecular weight excluding hydrogens is 430 g/mol. The van der Waals surface area contributed by atoms with Crippen molar-refractivity contribution in [1.82, 2.24) is 4.90 Å². The number of hydrogen-bond acceptors (Lipinski definition) is 4. The van der Waals surface area contributed by atoms with Crippen LogP contribution in [0.5, 0.6) is 5.75 Å². The number of fused-ring (bicyclic) bond motifs is 1.